The molecule has 0 amide bonds. The second-order valence-corrected chi connectivity index (χ2v) is 5.77. The summed E-state index contributed by atoms with van der Waals surface area (Å²) in [5.41, 5.74) is 0. The van der Waals surface area contributed by atoms with Gasteiger partial charge in [0, 0.05) is 19.3 Å². The Hall–Kier alpha value is -1.49. The molecule has 5 nitrogen and oxygen atoms in total. The van der Waals surface area contributed by atoms with E-state index in [-0.39, 0.29) is 0 Å². The normalized spacial score (nSPS) is 16.5. The number of nitrogens with zero attached hydrogens (tertiary/aromatic N) is 4. The van der Waals surface area contributed by atoms with Crippen LogP contribution in [0.2, 0.25) is 5.15 Å². The maximum Gasteiger partial charge on any atom is 0.148 e. The second-order valence-electron chi connectivity index (χ2n) is 5.38. The van der Waals surface area contributed by atoms with Gasteiger partial charge in [-0.1, -0.05) is 30.9 Å². The quantitative estimate of drug-likeness (QED) is 0.940. The van der Waals surface area contributed by atoms with Crippen LogP contribution in [0.3, 0.4) is 0 Å². The van der Waals surface area contributed by atoms with E-state index >= 15 is 0 Å². The number of anilines is 1. The first-order valence-electron chi connectivity index (χ1n) is 7.19. The van der Waals surface area contributed by atoms with Gasteiger partial charge in [-0.3, -0.25) is 4.68 Å². The molecule has 1 aliphatic carbocycles. The molecule has 0 atom stereocenters. The van der Waals surface area contributed by atoms with Gasteiger partial charge in [0.15, 0.2) is 0 Å². The van der Waals surface area contributed by atoms with Crippen molar-refractivity contribution >= 4 is 17.4 Å². The fourth-order valence-electron chi connectivity index (χ4n) is 2.74. The molecule has 1 saturated carbocycles. The molecule has 0 aromatic carbocycles. The fraction of sp³-hybridized carbons (Fsp3) is 0.571. The van der Waals surface area contributed by atoms with Crippen molar-refractivity contribution in [2.45, 2.75) is 44.7 Å². The highest BCUT2D eigenvalue weighted by Gasteiger charge is 2.16. The van der Waals surface area contributed by atoms with Crippen molar-refractivity contribution in [3.8, 4) is 0 Å². The minimum absolute atomic E-state index is 0.571. The monoisotopic (exact) mass is 293 g/mol. The van der Waals surface area contributed by atoms with E-state index in [1.54, 1.807) is 6.20 Å². The topological polar surface area (TPSA) is 47.7 Å². The summed E-state index contributed by atoms with van der Waals surface area (Å²) in [5.74, 6) is 1.80. The van der Waals surface area contributed by atoms with Crippen molar-refractivity contribution in [1.29, 1.82) is 0 Å². The van der Waals surface area contributed by atoms with Crippen LogP contribution in [-0.2, 0) is 13.6 Å². The largest absolute Gasteiger partial charge is 0.361 e. The molecular weight excluding hydrogens is 274 g/mol. The molecule has 20 heavy (non-hydrogen) atoms. The Balaban J connectivity index is 1.61. The summed E-state index contributed by atoms with van der Waals surface area (Å²) in [4.78, 5) is 4.26. The highest BCUT2D eigenvalue weighted by Crippen LogP contribution is 2.27. The van der Waals surface area contributed by atoms with Gasteiger partial charge in [0.1, 0.15) is 16.8 Å². The third-order valence-electron chi connectivity index (χ3n) is 4.01. The second kappa shape index (κ2) is 5.87. The first-order valence-corrected chi connectivity index (χ1v) is 7.57. The SMILES string of the molecule is Cn1c(Cl)cnc1CNc1ccn(C2CCCCC2)n1. The zero-order valence-corrected chi connectivity index (χ0v) is 12.5. The van der Waals surface area contributed by atoms with Crippen LogP contribution < -0.4 is 5.32 Å². The van der Waals surface area contributed by atoms with Gasteiger partial charge in [0.05, 0.1) is 18.8 Å². The van der Waals surface area contributed by atoms with E-state index in [2.05, 4.69) is 26.3 Å². The zero-order valence-electron chi connectivity index (χ0n) is 11.7. The van der Waals surface area contributed by atoms with Crippen LogP contribution in [0.4, 0.5) is 5.82 Å². The Morgan fingerprint density at radius 2 is 2.15 bits per heavy atom. The number of rotatable bonds is 4. The predicted molar refractivity (Wildman–Crippen MR) is 79.9 cm³/mol. The molecule has 1 aliphatic rings. The molecule has 1 fully saturated rings. The van der Waals surface area contributed by atoms with Gasteiger partial charge in [-0.25, -0.2) is 4.98 Å². The molecule has 0 saturated heterocycles. The maximum absolute atomic E-state index is 5.97. The van der Waals surface area contributed by atoms with E-state index in [1.165, 1.54) is 32.1 Å². The third-order valence-corrected chi connectivity index (χ3v) is 4.36. The van der Waals surface area contributed by atoms with Crippen molar-refractivity contribution in [2.75, 3.05) is 5.32 Å². The fourth-order valence-corrected chi connectivity index (χ4v) is 2.89. The zero-order chi connectivity index (χ0) is 13.9. The summed E-state index contributed by atoms with van der Waals surface area (Å²) < 4.78 is 3.97. The first kappa shape index (κ1) is 13.5. The molecular formula is C14H20ClN5. The standard InChI is InChI=1S/C14H20ClN5/c1-19-12(15)9-17-14(19)10-16-13-7-8-20(18-13)11-5-3-2-4-6-11/h7-9,11H,2-6,10H2,1H3,(H,16,18). The van der Waals surface area contributed by atoms with Crippen LogP contribution >= 0.6 is 11.6 Å². The predicted octanol–water partition coefficient (Wildman–Crippen LogP) is 3.39. The summed E-state index contributed by atoms with van der Waals surface area (Å²) in [6.45, 7) is 0.630. The summed E-state index contributed by atoms with van der Waals surface area (Å²) in [7, 11) is 1.91. The van der Waals surface area contributed by atoms with E-state index in [1.807, 2.05) is 17.7 Å². The molecule has 0 spiro atoms. The molecule has 108 valence electrons. The average molecular weight is 294 g/mol. The van der Waals surface area contributed by atoms with Crippen molar-refractivity contribution in [2.24, 2.45) is 7.05 Å². The molecule has 2 aromatic rings. The summed E-state index contributed by atoms with van der Waals surface area (Å²) >= 11 is 5.97. The van der Waals surface area contributed by atoms with Gasteiger partial charge in [-0.05, 0) is 12.8 Å². The molecule has 6 heteroatoms. The summed E-state index contributed by atoms with van der Waals surface area (Å²) in [5, 5.41) is 8.57. The van der Waals surface area contributed by atoms with Crippen LogP contribution in [0, 0.1) is 0 Å². The lowest BCUT2D eigenvalue weighted by molar-refractivity contribution is 0.330. The highest BCUT2D eigenvalue weighted by atomic mass is 35.5. The minimum Gasteiger partial charge on any atom is -0.361 e. The summed E-state index contributed by atoms with van der Waals surface area (Å²) in [6, 6.07) is 2.60. The lowest BCUT2D eigenvalue weighted by Crippen LogP contribution is -2.13. The Morgan fingerprint density at radius 1 is 1.35 bits per heavy atom. The van der Waals surface area contributed by atoms with Crippen molar-refractivity contribution in [3.05, 3.63) is 29.4 Å². The molecule has 2 aromatic heterocycles. The van der Waals surface area contributed by atoms with Crippen LogP contribution in [-0.4, -0.2) is 19.3 Å². The highest BCUT2D eigenvalue weighted by molar-refractivity contribution is 6.29. The van der Waals surface area contributed by atoms with E-state index < -0.39 is 0 Å². The molecule has 0 aliphatic heterocycles. The van der Waals surface area contributed by atoms with Crippen molar-refractivity contribution < 1.29 is 0 Å². The smallest absolute Gasteiger partial charge is 0.148 e. The number of aromatic nitrogens is 4. The Bertz CT molecular complexity index is 568. The van der Waals surface area contributed by atoms with Gasteiger partial charge in [-0.2, -0.15) is 5.10 Å². The number of halogens is 1. The average Bonchev–Trinajstić information content (AvgIpc) is 3.07. The van der Waals surface area contributed by atoms with Gasteiger partial charge < -0.3 is 9.88 Å². The van der Waals surface area contributed by atoms with E-state index in [0.717, 1.165) is 11.6 Å². The van der Waals surface area contributed by atoms with Gasteiger partial charge >= 0.3 is 0 Å². The first-order chi connectivity index (χ1) is 9.74. The van der Waals surface area contributed by atoms with Gasteiger partial charge in [0.2, 0.25) is 0 Å². The number of hydrogen-bond acceptors (Lipinski definition) is 3. The molecule has 3 rings (SSSR count). The number of hydrogen-bond donors (Lipinski definition) is 1. The third kappa shape index (κ3) is 2.82. The Morgan fingerprint density at radius 3 is 2.85 bits per heavy atom. The maximum atomic E-state index is 5.97. The lowest BCUT2D eigenvalue weighted by atomic mass is 9.96. The number of nitrogens with one attached hydrogen (secondary N) is 1. The lowest BCUT2D eigenvalue weighted by Gasteiger charge is -2.21. The van der Waals surface area contributed by atoms with Crippen LogP contribution in [0.15, 0.2) is 18.5 Å². The van der Waals surface area contributed by atoms with Crippen LogP contribution in [0.25, 0.3) is 0 Å². The molecule has 1 N–H and O–H groups in total. The van der Waals surface area contributed by atoms with Crippen LogP contribution in [0.5, 0.6) is 0 Å². The Kier molecular flexibility index (Phi) is 3.96. The van der Waals surface area contributed by atoms with Crippen molar-refractivity contribution in [3.63, 3.8) is 0 Å². The van der Waals surface area contributed by atoms with E-state index in [4.69, 9.17) is 11.6 Å². The molecule has 0 radical (unpaired) electrons. The molecule has 0 bridgehead atoms. The Labute approximate surface area is 124 Å². The molecule has 0 unspecified atom stereocenters. The number of imidazole rings is 1. The van der Waals surface area contributed by atoms with Crippen LogP contribution in [0.1, 0.15) is 44.0 Å². The van der Waals surface area contributed by atoms with Crippen molar-refractivity contribution in [1.82, 2.24) is 19.3 Å². The summed E-state index contributed by atoms with van der Waals surface area (Å²) in [6.07, 6.45) is 10.2. The molecule has 2 heterocycles. The van der Waals surface area contributed by atoms with E-state index in [0.29, 0.717) is 17.7 Å². The minimum atomic E-state index is 0.571. The van der Waals surface area contributed by atoms with Gasteiger partial charge in [-0.15, -0.1) is 0 Å². The van der Waals surface area contributed by atoms with Gasteiger partial charge in [0.25, 0.3) is 0 Å². The van der Waals surface area contributed by atoms with E-state index in [9.17, 15) is 0 Å².